The van der Waals surface area contributed by atoms with Crippen LogP contribution in [0.15, 0.2) is 54.6 Å². The Morgan fingerprint density at radius 2 is 1.79 bits per heavy atom. The maximum absolute atomic E-state index is 13.5. The van der Waals surface area contributed by atoms with Gasteiger partial charge in [-0.3, -0.25) is 29.4 Å². The lowest BCUT2D eigenvalue weighted by atomic mass is 10.1. The van der Waals surface area contributed by atoms with Crippen LogP contribution in [0.25, 0.3) is 0 Å². The number of rotatable bonds is 12. The third kappa shape index (κ3) is 7.67. The molecule has 2 heterocycles. The summed E-state index contributed by atoms with van der Waals surface area (Å²) in [4.78, 5) is 64.5. The van der Waals surface area contributed by atoms with Crippen LogP contribution in [-0.4, -0.2) is 88.7 Å². The SMILES string of the molecule is CP(C)(C)=C(C(=O)OCc1ccc([N+](=O)[O-])cc1)N1C(=O)[C@@H](NC(=O)Cc2ccccc2)[C@H]1SCC(=O)[C@@H]1CCCO1. The van der Waals surface area contributed by atoms with Crippen LogP contribution in [0.1, 0.15) is 24.0 Å². The minimum absolute atomic E-state index is 0.0535. The van der Waals surface area contributed by atoms with E-state index in [1.165, 1.54) is 40.9 Å². The summed E-state index contributed by atoms with van der Waals surface area (Å²) < 4.78 is 11.1. The van der Waals surface area contributed by atoms with Gasteiger partial charge in [-0.2, -0.15) is 0 Å². The molecule has 2 fully saturated rings. The summed E-state index contributed by atoms with van der Waals surface area (Å²) in [6.45, 7) is 3.84. The number of amides is 2. The summed E-state index contributed by atoms with van der Waals surface area (Å²) in [5.41, 5.74) is 1.46. The molecule has 3 atom stereocenters. The Labute approximate surface area is 248 Å². The fourth-order valence-corrected chi connectivity index (χ4v) is 7.53. The number of thioether (sulfide) groups is 1. The molecule has 0 radical (unpaired) electrons. The third-order valence-corrected chi connectivity index (χ3v) is 9.76. The van der Waals surface area contributed by atoms with Crippen LogP contribution in [0.3, 0.4) is 0 Å². The van der Waals surface area contributed by atoms with Crippen LogP contribution >= 0.6 is 18.6 Å². The topological polar surface area (TPSA) is 145 Å². The van der Waals surface area contributed by atoms with Crippen molar-refractivity contribution in [3.05, 3.63) is 75.8 Å². The van der Waals surface area contributed by atoms with Crippen molar-refractivity contribution in [2.75, 3.05) is 32.4 Å². The molecule has 0 aromatic heterocycles. The van der Waals surface area contributed by atoms with Gasteiger partial charge in [0.25, 0.3) is 11.6 Å². The highest BCUT2D eigenvalue weighted by molar-refractivity contribution is 8.00. The van der Waals surface area contributed by atoms with Gasteiger partial charge in [0.05, 0.1) is 17.1 Å². The first kappa shape index (κ1) is 31.5. The van der Waals surface area contributed by atoms with Crippen molar-refractivity contribution < 1.29 is 33.6 Å². The molecule has 0 unspecified atom stereocenters. The average Bonchev–Trinajstić information content (AvgIpc) is 3.50. The molecular weight excluding hydrogens is 581 g/mol. The van der Waals surface area contributed by atoms with Crippen molar-refractivity contribution in [1.29, 1.82) is 0 Å². The number of hydrogen-bond donors (Lipinski definition) is 1. The van der Waals surface area contributed by atoms with E-state index >= 15 is 0 Å². The van der Waals surface area contributed by atoms with Crippen LogP contribution in [0.5, 0.6) is 0 Å². The van der Waals surface area contributed by atoms with Crippen LogP contribution < -0.4 is 5.32 Å². The number of nitro benzene ring substituents is 1. The van der Waals surface area contributed by atoms with Gasteiger partial charge in [-0.25, -0.2) is 4.79 Å². The standard InChI is InChI=1S/C29H34N3O8PS/c1-41(2,3)27(29(36)40-17-20-11-13-21(14-12-20)32(37)38)31-26(35)25(30-24(34)16-19-8-5-4-6-9-19)28(31)42-18-22(33)23-10-7-15-39-23/h4-6,8-9,11-14,23,25,28H,7,10,15-18H2,1-3H3,(H,30,34)/t23-,25+,28+/m0/s1. The van der Waals surface area contributed by atoms with Crippen LogP contribution in [0, 0.1) is 10.1 Å². The molecule has 42 heavy (non-hydrogen) atoms. The van der Waals surface area contributed by atoms with Gasteiger partial charge in [0.2, 0.25) is 5.91 Å². The van der Waals surface area contributed by atoms with Crippen molar-refractivity contribution in [2.24, 2.45) is 0 Å². The molecule has 2 aliphatic heterocycles. The second kappa shape index (κ2) is 13.7. The lowest BCUT2D eigenvalue weighted by molar-refractivity contribution is -0.384. The molecule has 4 rings (SSSR count). The van der Waals surface area contributed by atoms with Gasteiger partial charge in [-0.15, -0.1) is 11.8 Å². The van der Waals surface area contributed by atoms with Gasteiger partial charge < -0.3 is 14.8 Å². The first-order valence-corrected chi connectivity index (χ1v) is 17.7. The second-order valence-corrected chi connectivity index (χ2v) is 16.5. The number of nitro groups is 1. The van der Waals surface area contributed by atoms with Gasteiger partial charge >= 0.3 is 5.97 Å². The van der Waals surface area contributed by atoms with Gasteiger partial charge in [0, 0.05) is 18.7 Å². The molecule has 0 saturated carbocycles. The number of carbonyl (C=O) groups is 4. The van der Waals surface area contributed by atoms with Crippen LogP contribution in [0.2, 0.25) is 0 Å². The highest BCUT2D eigenvalue weighted by atomic mass is 32.2. The molecule has 2 aromatic carbocycles. The van der Waals surface area contributed by atoms with E-state index in [0.29, 0.717) is 18.6 Å². The third-order valence-electron chi connectivity index (χ3n) is 6.82. The number of ketones is 1. The first-order chi connectivity index (χ1) is 20.0. The number of ether oxygens (including phenoxy) is 2. The van der Waals surface area contributed by atoms with E-state index in [9.17, 15) is 29.3 Å². The highest BCUT2D eigenvalue weighted by Gasteiger charge is 2.53. The number of esters is 1. The lowest BCUT2D eigenvalue weighted by Crippen LogP contribution is -2.72. The van der Waals surface area contributed by atoms with E-state index in [-0.39, 0.29) is 41.6 Å². The quantitative estimate of drug-likeness (QED) is 0.125. The average molecular weight is 616 g/mol. The predicted molar refractivity (Wildman–Crippen MR) is 162 cm³/mol. The lowest BCUT2D eigenvalue weighted by Gasteiger charge is -2.48. The fourth-order valence-electron chi connectivity index (χ4n) is 4.71. The normalized spacial score (nSPS) is 20.0. The Balaban J connectivity index is 1.52. The predicted octanol–water partition coefficient (Wildman–Crippen LogP) is 3.05. The number of non-ortho nitro benzene ring substituents is 1. The molecule has 11 nitrogen and oxygen atoms in total. The Morgan fingerprint density at radius 3 is 2.38 bits per heavy atom. The van der Waals surface area contributed by atoms with Gasteiger partial charge in [0.1, 0.15) is 29.5 Å². The van der Waals surface area contributed by atoms with E-state index in [2.05, 4.69) is 5.32 Å². The summed E-state index contributed by atoms with van der Waals surface area (Å²) in [5.74, 6) is -1.52. The Kier molecular flexibility index (Phi) is 10.2. The monoisotopic (exact) mass is 615 g/mol. The van der Waals surface area contributed by atoms with E-state index in [4.69, 9.17) is 9.47 Å². The molecule has 0 bridgehead atoms. The maximum atomic E-state index is 13.5. The van der Waals surface area contributed by atoms with E-state index in [1.807, 2.05) is 50.3 Å². The summed E-state index contributed by atoms with van der Waals surface area (Å²) in [6, 6.07) is 13.9. The first-order valence-electron chi connectivity index (χ1n) is 13.5. The molecule has 2 saturated heterocycles. The Morgan fingerprint density at radius 1 is 1.10 bits per heavy atom. The second-order valence-electron chi connectivity index (χ2n) is 10.9. The molecule has 0 aliphatic carbocycles. The fraction of sp³-hybridized carbons (Fsp3) is 0.414. The molecule has 1 N–H and O–H groups in total. The zero-order valence-electron chi connectivity index (χ0n) is 23.7. The number of nitrogens with zero attached hydrogens (tertiary/aromatic N) is 2. The Bertz CT molecular complexity index is 1400. The minimum Gasteiger partial charge on any atom is -0.456 e. The number of Topliss-reactive ketones (excluding diaryl/α,β-unsaturated/α-hetero) is 1. The molecular formula is C29H34N3O8PS. The van der Waals surface area contributed by atoms with Gasteiger partial charge in [-0.05, 0) is 56.1 Å². The van der Waals surface area contributed by atoms with Crippen LogP contribution in [-0.2, 0) is 41.7 Å². The summed E-state index contributed by atoms with van der Waals surface area (Å²) in [5, 5.41) is 13.0. The zero-order chi connectivity index (χ0) is 30.4. The number of likely N-dealkylation sites (tertiary alicyclic amines) is 1. The van der Waals surface area contributed by atoms with Gasteiger partial charge in [0.15, 0.2) is 5.78 Å². The number of benzene rings is 2. The van der Waals surface area contributed by atoms with Crippen molar-refractivity contribution in [2.45, 2.75) is 43.4 Å². The van der Waals surface area contributed by atoms with Crippen molar-refractivity contribution in [3.63, 3.8) is 0 Å². The molecule has 2 aromatic rings. The zero-order valence-corrected chi connectivity index (χ0v) is 25.4. The summed E-state index contributed by atoms with van der Waals surface area (Å²) in [7, 11) is 0. The number of carbonyl (C=O) groups excluding carboxylic acids is 4. The molecule has 13 heteroatoms. The Hall–Kier alpha value is -3.47. The smallest absolute Gasteiger partial charge is 0.355 e. The van der Waals surface area contributed by atoms with E-state index in [1.54, 1.807) is 0 Å². The molecule has 224 valence electrons. The number of β-lactam (4-membered cyclic amide) rings is 1. The molecule has 0 spiro atoms. The summed E-state index contributed by atoms with van der Waals surface area (Å²) in [6.07, 6.45) is 1.04. The van der Waals surface area contributed by atoms with E-state index < -0.39 is 41.2 Å². The molecule has 2 amide bonds. The minimum atomic E-state index is -2.18. The maximum Gasteiger partial charge on any atom is 0.355 e. The highest BCUT2D eigenvalue weighted by Crippen LogP contribution is 2.42. The number of nitrogens with one attached hydrogen (secondary N) is 1. The van der Waals surface area contributed by atoms with Crippen LogP contribution in [0.4, 0.5) is 5.69 Å². The van der Waals surface area contributed by atoms with Crippen molar-refractivity contribution >= 4 is 53.3 Å². The van der Waals surface area contributed by atoms with E-state index in [0.717, 1.165) is 12.0 Å². The number of hydrogen-bond acceptors (Lipinski definition) is 9. The summed E-state index contributed by atoms with van der Waals surface area (Å²) >= 11 is 1.19. The van der Waals surface area contributed by atoms with Crippen molar-refractivity contribution in [1.82, 2.24) is 10.2 Å². The molecule has 2 aliphatic rings. The van der Waals surface area contributed by atoms with Gasteiger partial charge in [-0.1, -0.05) is 37.2 Å². The van der Waals surface area contributed by atoms with Crippen molar-refractivity contribution in [3.8, 4) is 0 Å². The largest absolute Gasteiger partial charge is 0.456 e.